The normalized spacial score (nSPS) is 11.1. The molecule has 0 bridgehead atoms. The van der Waals surface area contributed by atoms with Crippen LogP contribution in [0, 0.1) is 11.3 Å². The van der Waals surface area contributed by atoms with Gasteiger partial charge in [-0.2, -0.15) is 5.26 Å². The molecule has 0 radical (unpaired) electrons. The van der Waals surface area contributed by atoms with Gasteiger partial charge in [-0.1, -0.05) is 54.6 Å². The maximum Gasteiger partial charge on any atom is 0.346 e. The first kappa shape index (κ1) is 30.6. The van der Waals surface area contributed by atoms with Crippen molar-refractivity contribution in [1.29, 1.82) is 5.26 Å². The first-order chi connectivity index (χ1) is 24.1. The van der Waals surface area contributed by atoms with E-state index in [4.69, 9.17) is 19.2 Å². The Morgan fingerprint density at radius 1 is 0.510 bits per heavy atom. The lowest BCUT2D eigenvalue weighted by molar-refractivity contribution is -0.132. The van der Waals surface area contributed by atoms with Gasteiger partial charge in [0.25, 0.3) is 0 Å². The van der Waals surface area contributed by atoms with E-state index in [2.05, 4.69) is 82.6 Å². The Balaban J connectivity index is 1.17. The van der Waals surface area contributed by atoms with Crippen molar-refractivity contribution in [2.45, 2.75) is 0 Å². The monoisotopic (exact) mass is 639 g/mol. The van der Waals surface area contributed by atoms with Crippen LogP contribution in [0.1, 0.15) is 5.76 Å². The van der Waals surface area contributed by atoms with Crippen LogP contribution in [0.2, 0.25) is 0 Å². The summed E-state index contributed by atoms with van der Waals surface area (Å²) in [7, 11) is 0. The molecule has 0 unspecified atom stereocenters. The van der Waals surface area contributed by atoms with Gasteiger partial charge in [0.05, 0.1) is 0 Å². The number of nitriles is 1. The summed E-state index contributed by atoms with van der Waals surface area (Å²) in [5, 5.41) is 18.2. The van der Waals surface area contributed by atoms with E-state index in [0.717, 1.165) is 39.7 Å². The molecule has 0 amide bonds. The van der Waals surface area contributed by atoms with E-state index in [1.54, 1.807) is 24.3 Å². The number of hydrogen-bond donors (Lipinski definition) is 1. The second-order valence-electron chi connectivity index (χ2n) is 11.1. The quantitative estimate of drug-likeness (QED) is 0.118. The number of benzene rings is 5. The topological polar surface area (TPSA) is 93.9 Å². The highest BCUT2D eigenvalue weighted by molar-refractivity contribution is 5.96. The third kappa shape index (κ3) is 6.61. The lowest BCUT2D eigenvalue weighted by atomic mass is 10.1. The van der Waals surface area contributed by atoms with Gasteiger partial charge >= 0.3 is 5.97 Å². The minimum Gasteiger partial charge on any atom is -0.477 e. The highest BCUT2D eigenvalue weighted by Gasteiger charge is 2.17. The molecule has 236 valence electrons. The zero-order valence-corrected chi connectivity index (χ0v) is 26.2. The van der Waals surface area contributed by atoms with Crippen LogP contribution in [0.15, 0.2) is 178 Å². The summed E-state index contributed by atoms with van der Waals surface area (Å²) in [5.74, 6) is 0.492. The summed E-state index contributed by atoms with van der Waals surface area (Å²) < 4.78 is 11.8. The van der Waals surface area contributed by atoms with Gasteiger partial charge in [0.15, 0.2) is 11.5 Å². The summed E-state index contributed by atoms with van der Waals surface area (Å²) in [6.45, 7) is 0. The fourth-order valence-corrected chi connectivity index (χ4v) is 5.62. The van der Waals surface area contributed by atoms with Crippen LogP contribution < -0.4 is 9.80 Å². The third-order valence-corrected chi connectivity index (χ3v) is 7.93. The number of aliphatic carboxylic acids is 1. The molecule has 49 heavy (non-hydrogen) atoms. The molecule has 0 atom stereocenters. The van der Waals surface area contributed by atoms with Gasteiger partial charge in [-0.05, 0) is 109 Å². The number of carboxylic acid groups (broad SMARTS) is 1. The minimum atomic E-state index is -1.32. The number of nitrogens with zero attached hydrogens (tertiary/aromatic N) is 3. The molecule has 0 fully saturated rings. The first-order valence-electron chi connectivity index (χ1n) is 15.6. The van der Waals surface area contributed by atoms with Crippen LogP contribution in [0.25, 0.3) is 28.9 Å². The van der Waals surface area contributed by atoms with Crippen LogP contribution in [-0.2, 0) is 4.79 Å². The molecule has 2 aromatic heterocycles. The minimum absolute atomic E-state index is 0.248. The van der Waals surface area contributed by atoms with Gasteiger partial charge in [0.2, 0.25) is 0 Å². The van der Waals surface area contributed by atoms with Crippen LogP contribution >= 0.6 is 0 Å². The van der Waals surface area contributed by atoms with Gasteiger partial charge < -0.3 is 23.7 Å². The van der Waals surface area contributed by atoms with Crippen LogP contribution in [0.4, 0.5) is 34.1 Å². The van der Waals surface area contributed by atoms with Crippen molar-refractivity contribution in [3.05, 3.63) is 175 Å². The summed E-state index contributed by atoms with van der Waals surface area (Å²) in [6, 6.07) is 56.2. The molecule has 0 aliphatic carbocycles. The van der Waals surface area contributed by atoms with E-state index in [1.165, 1.54) is 6.08 Å². The Morgan fingerprint density at radius 2 is 0.898 bits per heavy atom. The number of carbonyl (C=O) groups is 1. The highest BCUT2D eigenvalue weighted by Crippen LogP contribution is 2.39. The maximum absolute atomic E-state index is 11.2. The number of rotatable bonds is 10. The van der Waals surface area contributed by atoms with Gasteiger partial charge in [0, 0.05) is 45.8 Å². The van der Waals surface area contributed by atoms with Crippen molar-refractivity contribution in [3.8, 4) is 28.9 Å². The molecular weight excluding hydrogens is 610 g/mol. The SMILES string of the molecule is N#CC(=Cc1ccc(-c2ccc(-c3ccc(N(c4ccccc4)c4ccc(N(c5ccccc5)c5ccccc5)cc4)cc3)o2)o1)C(=O)O. The molecule has 0 saturated heterocycles. The Bertz CT molecular complexity index is 2210. The Kier molecular flexibility index (Phi) is 8.59. The van der Waals surface area contributed by atoms with Crippen LogP contribution in [0.3, 0.4) is 0 Å². The fraction of sp³-hybridized carbons (Fsp3) is 0. The number of para-hydroxylation sites is 3. The molecule has 0 spiro atoms. The maximum atomic E-state index is 11.2. The highest BCUT2D eigenvalue weighted by atomic mass is 16.4. The molecule has 7 rings (SSSR count). The largest absolute Gasteiger partial charge is 0.477 e. The van der Waals surface area contributed by atoms with Gasteiger partial charge in [0.1, 0.15) is 23.2 Å². The molecule has 7 aromatic rings. The first-order valence-corrected chi connectivity index (χ1v) is 15.6. The van der Waals surface area contributed by atoms with E-state index in [-0.39, 0.29) is 5.76 Å². The Labute approximate surface area is 283 Å². The molecule has 5 aromatic carbocycles. The number of hydrogen-bond acceptors (Lipinski definition) is 6. The molecule has 2 heterocycles. The standard InChI is InChI=1S/C42H29N3O4/c43-29-31(42(46)47)28-38-24-25-40(48-38)41-27-26-39(49-41)30-16-18-35(19-17-30)45(34-14-8-3-9-15-34)37-22-20-36(21-23-37)44(32-10-4-1-5-11-32)33-12-6-2-7-13-33/h1-28H,(H,46,47). The number of anilines is 6. The van der Waals surface area contributed by atoms with Crippen molar-refractivity contribution in [2.75, 3.05) is 9.80 Å². The predicted octanol–water partition coefficient (Wildman–Crippen LogP) is 11.1. The van der Waals surface area contributed by atoms with E-state index >= 15 is 0 Å². The average Bonchev–Trinajstić information content (AvgIpc) is 3.84. The van der Waals surface area contributed by atoms with E-state index in [0.29, 0.717) is 17.3 Å². The zero-order valence-electron chi connectivity index (χ0n) is 26.2. The van der Waals surface area contributed by atoms with E-state index < -0.39 is 11.5 Å². The van der Waals surface area contributed by atoms with Crippen molar-refractivity contribution >= 4 is 46.2 Å². The van der Waals surface area contributed by atoms with Gasteiger partial charge in [-0.25, -0.2) is 4.79 Å². The smallest absolute Gasteiger partial charge is 0.346 e. The van der Waals surface area contributed by atoms with Gasteiger partial charge in [-0.15, -0.1) is 0 Å². The molecule has 7 heteroatoms. The molecule has 7 nitrogen and oxygen atoms in total. The second-order valence-corrected chi connectivity index (χ2v) is 11.1. The predicted molar refractivity (Wildman–Crippen MR) is 192 cm³/mol. The van der Waals surface area contributed by atoms with E-state index in [9.17, 15) is 4.79 Å². The number of furan rings is 2. The summed E-state index contributed by atoms with van der Waals surface area (Å²) in [4.78, 5) is 15.6. The molecule has 0 saturated carbocycles. The summed E-state index contributed by atoms with van der Waals surface area (Å²) in [6.07, 6.45) is 1.18. The van der Waals surface area contributed by atoms with Crippen molar-refractivity contribution in [1.82, 2.24) is 0 Å². The molecule has 0 aliphatic heterocycles. The Morgan fingerprint density at radius 3 is 1.35 bits per heavy atom. The van der Waals surface area contributed by atoms with E-state index in [1.807, 2.05) is 72.8 Å². The average molecular weight is 640 g/mol. The fourth-order valence-electron chi connectivity index (χ4n) is 5.62. The van der Waals surface area contributed by atoms with Crippen molar-refractivity contribution < 1.29 is 18.7 Å². The number of carboxylic acids is 1. The summed E-state index contributed by atoms with van der Waals surface area (Å²) in [5.41, 5.74) is 6.68. The summed E-state index contributed by atoms with van der Waals surface area (Å²) >= 11 is 0. The molecular formula is C42H29N3O4. The second kappa shape index (κ2) is 13.8. The lowest BCUT2D eigenvalue weighted by Gasteiger charge is -2.28. The van der Waals surface area contributed by atoms with Crippen molar-refractivity contribution in [3.63, 3.8) is 0 Å². The van der Waals surface area contributed by atoms with Gasteiger partial charge in [-0.3, -0.25) is 0 Å². The molecule has 0 aliphatic rings. The third-order valence-electron chi connectivity index (χ3n) is 7.93. The molecule has 1 N–H and O–H groups in total. The Hall–Kier alpha value is -7.04. The van der Waals surface area contributed by atoms with Crippen LogP contribution in [0.5, 0.6) is 0 Å². The van der Waals surface area contributed by atoms with Crippen molar-refractivity contribution in [2.24, 2.45) is 0 Å². The lowest BCUT2D eigenvalue weighted by Crippen LogP contribution is -2.12. The zero-order chi connectivity index (χ0) is 33.6. The van der Waals surface area contributed by atoms with Crippen LogP contribution in [-0.4, -0.2) is 11.1 Å².